The molecule has 0 radical (unpaired) electrons. The molecular formula is C17H13ClN2O4. The van der Waals surface area contributed by atoms with Crippen LogP contribution in [-0.2, 0) is 20.9 Å². The molecule has 6 nitrogen and oxygen atoms in total. The first-order valence-electron chi connectivity index (χ1n) is 7.28. The normalized spacial score (nSPS) is 14.1. The van der Waals surface area contributed by atoms with Crippen LogP contribution in [0.5, 0.6) is 0 Å². The van der Waals surface area contributed by atoms with Crippen molar-refractivity contribution >= 4 is 35.1 Å². The molecule has 1 fully saturated rings. The molecule has 0 N–H and O–H groups in total. The zero-order valence-corrected chi connectivity index (χ0v) is 13.3. The zero-order valence-electron chi connectivity index (χ0n) is 12.6. The second-order valence-corrected chi connectivity index (χ2v) is 5.56. The van der Waals surface area contributed by atoms with Crippen molar-refractivity contribution in [2.24, 2.45) is 0 Å². The van der Waals surface area contributed by atoms with Gasteiger partial charge in [-0.1, -0.05) is 23.7 Å². The monoisotopic (exact) mass is 344 g/mol. The van der Waals surface area contributed by atoms with E-state index in [9.17, 15) is 14.4 Å². The molecule has 0 atom stereocenters. The van der Waals surface area contributed by atoms with E-state index in [-0.39, 0.29) is 42.0 Å². The molecule has 24 heavy (non-hydrogen) atoms. The van der Waals surface area contributed by atoms with E-state index in [2.05, 4.69) is 4.98 Å². The van der Waals surface area contributed by atoms with Gasteiger partial charge >= 0.3 is 5.97 Å². The number of ether oxygens (including phenoxy) is 1. The Hall–Kier alpha value is -2.73. The van der Waals surface area contributed by atoms with Gasteiger partial charge in [-0.3, -0.25) is 14.5 Å². The number of benzene rings is 1. The lowest BCUT2D eigenvalue weighted by atomic mass is 10.2. The molecule has 7 heteroatoms. The van der Waals surface area contributed by atoms with Crippen molar-refractivity contribution in [1.82, 2.24) is 4.98 Å². The Morgan fingerprint density at radius 1 is 1.17 bits per heavy atom. The lowest BCUT2D eigenvalue weighted by Crippen LogP contribution is -2.28. The summed E-state index contributed by atoms with van der Waals surface area (Å²) in [5, 5.41) is 0.271. The standard InChI is InChI=1S/C17H13ClN2O4/c18-16-12(4-2-8-19-16)10-24-17(23)11-3-1-5-13(9-11)20-14(21)6-7-15(20)22/h1-5,8-9H,6-7,10H2. The van der Waals surface area contributed by atoms with E-state index in [1.54, 1.807) is 36.5 Å². The van der Waals surface area contributed by atoms with E-state index in [0.717, 1.165) is 4.90 Å². The number of hydrogen-bond acceptors (Lipinski definition) is 5. The van der Waals surface area contributed by atoms with Crippen LogP contribution in [0, 0.1) is 0 Å². The summed E-state index contributed by atoms with van der Waals surface area (Å²) in [6.45, 7) is -0.0166. The van der Waals surface area contributed by atoms with Crippen molar-refractivity contribution in [3.8, 4) is 0 Å². The van der Waals surface area contributed by atoms with Gasteiger partial charge in [0.25, 0.3) is 0 Å². The summed E-state index contributed by atoms with van der Waals surface area (Å²) in [7, 11) is 0. The van der Waals surface area contributed by atoms with Gasteiger partial charge < -0.3 is 4.74 Å². The summed E-state index contributed by atoms with van der Waals surface area (Å²) in [5.41, 5.74) is 1.21. The largest absolute Gasteiger partial charge is 0.457 e. The molecule has 3 rings (SSSR count). The van der Waals surface area contributed by atoms with Crippen molar-refractivity contribution in [1.29, 1.82) is 0 Å². The molecule has 2 amide bonds. The van der Waals surface area contributed by atoms with Gasteiger partial charge in [0, 0.05) is 24.6 Å². The maximum atomic E-state index is 12.2. The molecule has 1 aromatic heterocycles. The van der Waals surface area contributed by atoms with Crippen molar-refractivity contribution in [2.75, 3.05) is 4.90 Å². The fourth-order valence-corrected chi connectivity index (χ4v) is 2.56. The molecule has 1 aliphatic rings. The molecule has 0 unspecified atom stereocenters. The third-order valence-electron chi connectivity index (χ3n) is 3.59. The van der Waals surface area contributed by atoms with Gasteiger partial charge in [-0.05, 0) is 24.3 Å². The minimum Gasteiger partial charge on any atom is -0.457 e. The quantitative estimate of drug-likeness (QED) is 0.484. The highest BCUT2D eigenvalue weighted by Crippen LogP contribution is 2.24. The summed E-state index contributed by atoms with van der Waals surface area (Å²) in [6.07, 6.45) is 1.92. The molecular weight excluding hydrogens is 332 g/mol. The summed E-state index contributed by atoms with van der Waals surface area (Å²) < 4.78 is 5.21. The van der Waals surface area contributed by atoms with Crippen LogP contribution in [-0.4, -0.2) is 22.8 Å². The zero-order chi connectivity index (χ0) is 17.1. The Bertz CT molecular complexity index is 806. The predicted molar refractivity (Wildman–Crippen MR) is 86.5 cm³/mol. The Labute approximate surface area is 143 Å². The molecule has 1 saturated heterocycles. The molecule has 1 aliphatic heterocycles. The second kappa shape index (κ2) is 6.80. The maximum absolute atomic E-state index is 12.2. The molecule has 1 aromatic carbocycles. The third-order valence-corrected chi connectivity index (χ3v) is 3.93. The lowest BCUT2D eigenvalue weighted by Gasteiger charge is -2.14. The van der Waals surface area contributed by atoms with Gasteiger partial charge in [0.1, 0.15) is 11.8 Å². The van der Waals surface area contributed by atoms with Crippen LogP contribution in [0.25, 0.3) is 0 Å². The van der Waals surface area contributed by atoms with E-state index < -0.39 is 5.97 Å². The number of carbonyl (C=O) groups excluding carboxylic acids is 3. The number of aromatic nitrogens is 1. The van der Waals surface area contributed by atoms with Gasteiger partial charge in [-0.25, -0.2) is 9.78 Å². The predicted octanol–water partition coefficient (Wildman–Crippen LogP) is 2.75. The van der Waals surface area contributed by atoms with E-state index in [1.165, 1.54) is 6.07 Å². The first-order chi connectivity index (χ1) is 11.6. The Balaban J connectivity index is 1.74. The Kier molecular flexibility index (Phi) is 4.57. The number of halogens is 1. The smallest absolute Gasteiger partial charge is 0.338 e. The average molecular weight is 345 g/mol. The van der Waals surface area contributed by atoms with E-state index in [0.29, 0.717) is 11.3 Å². The van der Waals surface area contributed by atoms with Crippen LogP contribution in [0.2, 0.25) is 5.15 Å². The summed E-state index contributed by atoms with van der Waals surface area (Å²) in [6, 6.07) is 9.63. The highest BCUT2D eigenvalue weighted by molar-refractivity contribution is 6.30. The highest BCUT2D eigenvalue weighted by atomic mass is 35.5. The lowest BCUT2D eigenvalue weighted by molar-refractivity contribution is -0.121. The molecule has 0 bridgehead atoms. The van der Waals surface area contributed by atoms with E-state index in [1.807, 2.05) is 0 Å². The SMILES string of the molecule is O=C(OCc1cccnc1Cl)c1cccc(N2C(=O)CCC2=O)c1. The van der Waals surface area contributed by atoms with E-state index in [4.69, 9.17) is 16.3 Å². The van der Waals surface area contributed by atoms with Crippen molar-refractivity contribution in [3.05, 3.63) is 58.9 Å². The number of rotatable bonds is 4. The van der Waals surface area contributed by atoms with E-state index >= 15 is 0 Å². The van der Waals surface area contributed by atoms with Crippen molar-refractivity contribution in [2.45, 2.75) is 19.4 Å². The van der Waals surface area contributed by atoms with Crippen molar-refractivity contribution < 1.29 is 19.1 Å². The topological polar surface area (TPSA) is 76.6 Å². The molecule has 2 heterocycles. The van der Waals surface area contributed by atoms with Crippen LogP contribution in [0.3, 0.4) is 0 Å². The highest BCUT2D eigenvalue weighted by Gasteiger charge is 2.30. The van der Waals surface area contributed by atoms with Gasteiger partial charge in [-0.2, -0.15) is 0 Å². The number of hydrogen-bond donors (Lipinski definition) is 0. The number of anilines is 1. The van der Waals surface area contributed by atoms with Crippen LogP contribution in [0.4, 0.5) is 5.69 Å². The first kappa shape index (κ1) is 16.1. The maximum Gasteiger partial charge on any atom is 0.338 e. The average Bonchev–Trinajstić information content (AvgIpc) is 2.92. The van der Waals surface area contributed by atoms with Crippen LogP contribution >= 0.6 is 11.6 Å². The van der Waals surface area contributed by atoms with Gasteiger partial charge in [-0.15, -0.1) is 0 Å². The fourth-order valence-electron chi connectivity index (χ4n) is 2.39. The molecule has 2 aromatic rings. The Morgan fingerprint density at radius 3 is 2.62 bits per heavy atom. The van der Waals surface area contributed by atoms with Gasteiger partial charge in [0.2, 0.25) is 11.8 Å². The van der Waals surface area contributed by atoms with Crippen molar-refractivity contribution in [3.63, 3.8) is 0 Å². The van der Waals surface area contributed by atoms with Gasteiger partial charge in [0.15, 0.2) is 0 Å². The minimum atomic E-state index is -0.573. The van der Waals surface area contributed by atoms with Crippen LogP contribution in [0.1, 0.15) is 28.8 Å². The molecule has 0 aliphatic carbocycles. The van der Waals surface area contributed by atoms with Crippen LogP contribution < -0.4 is 4.90 Å². The Morgan fingerprint density at radius 2 is 1.92 bits per heavy atom. The number of amides is 2. The number of esters is 1. The number of carbonyl (C=O) groups is 3. The number of imide groups is 1. The first-order valence-corrected chi connectivity index (χ1v) is 7.66. The van der Waals surface area contributed by atoms with Crippen LogP contribution in [0.15, 0.2) is 42.6 Å². The number of nitrogens with zero attached hydrogens (tertiary/aromatic N) is 2. The summed E-state index contributed by atoms with van der Waals surface area (Å²) in [4.78, 5) is 40.7. The number of pyridine rings is 1. The second-order valence-electron chi connectivity index (χ2n) is 5.20. The summed E-state index contributed by atoms with van der Waals surface area (Å²) in [5.74, 6) is -1.11. The third kappa shape index (κ3) is 3.28. The molecule has 0 spiro atoms. The molecule has 122 valence electrons. The van der Waals surface area contributed by atoms with Gasteiger partial charge in [0.05, 0.1) is 11.3 Å². The summed E-state index contributed by atoms with van der Waals surface area (Å²) >= 11 is 5.91. The molecule has 0 saturated carbocycles. The fraction of sp³-hybridized carbons (Fsp3) is 0.176. The minimum absolute atomic E-state index is 0.0166.